The van der Waals surface area contributed by atoms with Gasteiger partial charge in [0, 0.05) is 0 Å². The van der Waals surface area contributed by atoms with Crippen molar-refractivity contribution >= 4 is 11.6 Å². The Labute approximate surface area is 133 Å². The van der Waals surface area contributed by atoms with Crippen molar-refractivity contribution in [2.75, 3.05) is 0 Å². The van der Waals surface area contributed by atoms with Gasteiger partial charge in [-0.05, 0) is 43.2 Å². The van der Waals surface area contributed by atoms with Gasteiger partial charge in [-0.25, -0.2) is 0 Å². The van der Waals surface area contributed by atoms with E-state index in [4.69, 9.17) is 0 Å². The van der Waals surface area contributed by atoms with Crippen molar-refractivity contribution in [1.29, 1.82) is 0 Å². The third-order valence-electron chi connectivity index (χ3n) is 3.94. The Hall–Kier alpha value is -2.88. The van der Waals surface area contributed by atoms with E-state index in [9.17, 15) is 19.8 Å². The van der Waals surface area contributed by atoms with Crippen LogP contribution in [0.25, 0.3) is 0 Å². The molecule has 0 unspecified atom stereocenters. The molecule has 0 heterocycles. The Bertz CT molecular complexity index is 802. The Morgan fingerprint density at radius 1 is 0.957 bits per heavy atom. The second-order valence-electron chi connectivity index (χ2n) is 5.87. The van der Waals surface area contributed by atoms with Gasteiger partial charge in [0.2, 0.25) is 5.78 Å². The largest absolute Gasteiger partial charge is 0.507 e. The van der Waals surface area contributed by atoms with Gasteiger partial charge in [-0.15, -0.1) is 0 Å². The predicted octanol–water partition coefficient (Wildman–Crippen LogP) is 3.31. The van der Waals surface area contributed by atoms with Crippen LogP contribution in [-0.2, 0) is 4.79 Å². The quantitative estimate of drug-likeness (QED) is 0.835. The monoisotopic (exact) mass is 308 g/mol. The van der Waals surface area contributed by atoms with E-state index in [0.717, 1.165) is 5.57 Å². The molecule has 116 valence electrons. The minimum Gasteiger partial charge on any atom is -0.507 e. The maximum Gasteiger partial charge on any atom is 0.201 e. The topological polar surface area (TPSA) is 74.6 Å². The zero-order valence-electron chi connectivity index (χ0n) is 12.8. The first kappa shape index (κ1) is 15.0. The van der Waals surface area contributed by atoms with Gasteiger partial charge < -0.3 is 10.2 Å². The zero-order chi connectivity index (χ0) is 16.7. The minimum absolute atomic E-state index is 0.0852. The molecule has 2 aromatic carbocycles. The molecule has 4 nitrogen and oxygen atoms in total. The summed E-state index contributed by atoms with van der Waals surface area (Å²) in [6.45, 7) is 3.64. The van der Waals surface area contributed by atoms with E-state index >= 15 is 0 Å². The average Bonchev–Trinajstić information content (AvgIpc) is 2.46. The van der Waals surface area contributed by atoms with Crippen LogP contribution in [0.4, 0.5) is 0 Å². The molecule has 0 amide bonds. The van der Waals surface area contributed by atoms with Gasteiger partial charge in [-0.1, -0.05) is 29.8 Å². The number of benzene rings is 2. The maximum absolute atomic E-state index is 12.7. The number of allylic oxidation sites excluding steroid dienone is 2. The van der Waals surface area contributed by atoms with Gasteiger partial charge in [0.25, 0.3) is 0 Å². The maximum atomic E-state index is 12.7. The summed E-state index contributed by atoms with van der Waals surface area (Å²) in [5.74, 6) is -1.73. The Morgan fingerprint density at radius 3 is 1.87 bits per heavy atom. The number of phenols is 2. The van der Waals surface area contributed by atoms with Crippen LogP contribution in [0, 0.1) is 0 Å². The van der Waals surface area contributed by atoms with Crippen molar-refractivity contribution in [2.45, 2.75) is 19.8 Å². The number of hydrogen-bond acceptors (Lipinski definition) is 4. The Morgan fingerprint density at radius 2 is 1.43 bits per heavy atom. The number of carbonyl (C=O) groups excluding carboxylic acids is 2. The van der Waals surface area contributed by atoms with E-state index in [1.165, 1.54) is 18.2 Å². The van der Waals surface area contributed by atoms with Crippen LogP contribution in [0.2, 0.25) is 0 Å². The van der Waals surface area contributed by atoms with E-state index in [2.05, 4.69) is 0 Å². The molecule has 2 aromatic rings. The molecule has 2 N–H and O–H groups in total. The molecule has 0 spiro atoms. The van der Waals surface area contributed by atoms with Gasteiger partial charge in [0.05, 0.1) is 17.0 Å². The molecule has 1 aliphatic carbocycles. The number of phenolic OH excluding ortho intramolecular Hbond substituents is 2. The van der Waals surface area contributed by atoms with Gasteiger partial charge in [-0.2, -0.15) is 0 Å². The number of rotatable bonds is 2. The highest BCUT2D eigenvalue weighted by atomic mass is 16.3. The average molecular weight is 308 g/mol. The summed E-state index contributed by atoms with van der Waals surface area (Å²) in [6, 6.07) is 9.37. The molecule has 0 fully saturated rings. The van der Waals surface area contributed by atoms with Gasteiger partial charge in [-0.3, -0.25) is 9.59 Å². The van der Waals surface area contributed by atoms with Crippen LogP contribution >= 0.6 is 0 Å². The number of ketones is 2. The molecule has 0 aliphatic heterocycles. The molecule has 1 aliphatic rings. The molecular formula is C19H16O4. The van der Waals surface area contributed by atoms with Crippen LogP contribution < -0.4 is 0 Å². The lowest BCUT2D eigenvalue weighted by atomic mass is 9.74. The second-order valence-corrected chi connectivity index (χ2v) is 5.87. The first-order valence-corrected chi connectivity index (χ1v) is 7.29. The van der Waals surface area contributed by atoms with E-state index in [1.807, 2.05) is 13.8 Å². The molecule has 0 radical (unpaired) electrons. The molecule has 3 rings (SSSR count). The molecule has 4 heteroatoms. The second kappa shape index (κ2) is 5.39. The lowest BCUT2D eigenvalue weighted by molar-refractivity contribution is -0.115. The fraction of sp³-hybridized carbons (Fsp3) is 0.158. The molecule has 0 bridgehead atoms. The highest BCUT2D eigenvalue weighted by Crippen LogP contribution is 2.43. The molecular weight excluding hydrogens is 292 g/mol. The van der Waals surface area contributed by atoms with Crippen LogP contribution in [-0.4, -0.2) is 21.8 Å². The van der Waals surface area contributed by atoms with E-state index in [-0.39, 0.29) is 28.4 Å². The number of fused-ring (bicyclic) bond motifs is 2. The van der Waals surface area contributed by atoms with Crippen molar-refractivity contribution in [1.82, 2.24) is 0 Å². The molecule has 0 atom stereocenters. The smallest absolute Gasteiger partial charge is 0.201 e. The fourth-order valence-corrected chi connectivity index (χ4v) is 3.06. The first-order valence-electron chi connectivity index (χ1n) is 7.29. The molecule has 23 heavy (non-hydrogen) atoms. The lowest BCUT2D eigenvalue weighted by Gasteiger charge is -2.26. The van der Waals surface area contributed by atoms with Crippen LogP contribution in [0.1, 0.15) is 46.8 Å². The van der Waals surface area contributed by atoms with Crippen LogP contribution in [0.3, 0.4) is 0 Å². The summed E-state index contributed by atoms with van der Waals surface area (Å²) in [4.78, 5) is 25.4. The molecule has 0 saturated carbocycles. The predicted molar refractivity (Wildman–Crippen MR) is 85.9 cm³/mol. The summed E-state index contributed by atoms with van der Waals surface area (Å²) in [5.41, 5.74) is 1.95. The number of hydrogen-bond donors (Lipinski definition) is 2. The third kappa shape index (κ3) is 2.32. The number of carbonyl (C=O) groups is 2. The summed E-state index contributed by atoms with van der Waals surface area (Å²) in [7, 11) is 0. The molecule has 0 saturated heterocycles. The summed E-state index contributed by atoms with van der Waals surface area (Å²) < 4.78 is 0. The summed E-state index contributed by atoms with van der Waals surface area (Å²) in [6.07, 6.45) is 1.52. The molecule has 0 aromatic heterocycles. The van der Waals surface area contributed by atoms with Crippen LogP contribution in [0.15, 0.2) is 48.0 Å². The van der Waals surface area contributed by atoms with E-state index in [0.29, 0.717) is 11.1 Å². The number of aromatic hydroxyl groups is 2. The van der Waals surface area contributed by atoms with Gasteiger partial charge in [0.15, 0.2) is 5.78 Å². The highest BCUT2D eigenvalue weighted by Gasteiger charge is 2.37. The summed E-state index contributed by atoms with van der Waals surface area (Å²) >= 11 is 0. The Kier molecular flexibility index (Phi) is 3.52. The SMILES string of the molecule is CC(C)=CC(=O)C1c2cccc(O)c2C(=O)c2c(O)cccc21. The van der Waals surface area contributed by atoms with Crippen LogP contribution in [0.5, 0.6) is 11.5 Å². The van der Waals surface area contributed by atoms with Crippen molar-refractivity contribution in [3.05, 3.63) is 70.3 Å². The van der Waals surface area contributed by atoms with Crippen molar-refractivity contribution < 1.29 is 19.8 Å². The standard InChI is InChI=1S/C19H16O4/c1-10(2)9-15(22)16-11-5-3-7-13(20)17(11)19(23)18-12(16)6-4-8-14(18)21/h3-9,16,20-21H,1-2H3. The van der Waals surface area contributed by atoms with Gasteiger partial charge >= 0.3 is 0 Å². The fourth-order valence-electron chi connectivity index (χ4n) is 3.06. The van der Waals surface area contributed by atoms with E-state index in [1.54, 1.807) is 24.3 Å². The minimum atomic E-state index is -0.716. The van der Waals surface area contributed by atoms with E-state index < -0.39 is 11.7 Å². The van der Waals surface area contributed by atoms with Crippen molar-refractivity contribution in [3.63, 3.8) is 0 Å². The lowest BCUT2D eigenvalue weighted by Crippen LogP contribution is -2.24. The Balaban J connectivity index is 2.34. The highest BCUT2D eigenvalue weighted by molar-refractivity contribution is 6.18. The first-order chi connectivity index (χ1) is 10.9. The third-order valence-corrected chi connectivity index (χ3v) is 3.94. The van der Waals surface area contributed by atoms with Crippen molar-refractivity contribution in [2.24, 2.45) is 0 Å². The zero-order valence-corrected chi connectivity index (χ0v) is 12.8. The van der Waals surface area contributed by atoms with Gasteiger partial charge in [0.1, 0.15) is 11.5 Å². The van der Waals surface area contributed by atoms with Crippen molar-refractivity contribution in [3.8, 4) is 11.5 Å². The summed E-state index contributed by atoms with van der Waals surface area (Å²) in [5, 5.41) is 20.2. The normalized spacial score (nSPS) is 13.2.